The Morgan fingerprint density at radius 3 is 2.39 bits per heavy atom. The molecule has 0 saturated heterocycles. The third kappa shape index (κ3) is 3.70. The van der Waals surface area contributed by atoms with Crippen molar-refractivity contribution in [1.29, 1.82) is 0 Å². The zero-order valence-electron chi connectivity index (χ0n) is 11.9. The van der Waals surface area contributed by atoms with E-state index in [1.165, 1.54) is 12.1 Å². The van der Waals surface area contributed by atoms with Crippen LogP contribution in [0.2, 0.25) is 0 Å². The van der Waals surface area contributed by atoms with Crippen molar-refractivity contribution in [2.75, 3.05) is 7.11 Å². The lowest BCUT2D eigenvalue weighted by Gasteiger charge is -2.12. The van der Waals surface area contributed by atoms with Gasteiger partial charge in [-0.05, 0) is 51.8 Å². The number of carbonyl (C=O) groups is 1. The van der Waals surface area contributed by atoms with E-state index >= 15 is 0 Å². The van der Waals surface area contributed by atoms with E-state index in [-0.39, 0.29) is 20.5 Å². The Bertz CT molecular complexity index is 847. The van der Waals surface area contributed by atoms with Gasteiger partial charge >= 0.3 is 5.97 Å². The largest absolute Gasteiger partial charge is 0.506 e. The summed E-state index contributed by atoms with van der Waals surface area (Å²) in [4.78, 5) is 11.7. The summed E-state index contributed by atoms with van der Waals surface area (Å²) in [5.41, 5.74) is -0.144. The van der Waals surface area contributed by atoms with Crippen LogP contribution in [0.4, 0.5) is 4.39 Å². The van der Waals surface area contributed by atoms with Crippen molar-refractivity contribution in [3.8, 4) is 5.75 Å². The summed E-state index contributed by atoms with van der Waals surface area (Å²) in [5, 5.41) is 9.99. The number of aromatic hydroxyl groups is 1. The Balaban J connectivity index is 2.49. The molecule has 0 amide bonds. The molecule has 0 aromatic heterocycles. The summed E-state index contributed by atoms with van der Waals surface area (Å²) in [5.74, 6) is -2.35. The number of ether oxygens (including phenoxy) is 1. The van der Waals surface area contributed by atoms with E-state index in [1.54, 1.807) is 0 Å². The number of sulfone groups is 1. The minimum atomic E-state index is -3.82. The lowest BCUT2D eigenvalue weighted by molar-refractivity contribution is 0.0596. The first-order valence-electron chi connectivity index (χ1n) is 6.33. The van der Waals surface area contributed by atoms with Gasteiger partial charge < -0.3 is 9.84 Å². The zero-order valence-corrected chi connectivity index (χ0v) is 14.3. The maximum atomic E-state index is 12.9. The normalized spacial score (nSPS) is 11.3. The Morgan fingerprint density at radius 1 is 1.22 bits per heavy atom. The van der Waals surface area contributed by atoms with Crippen molar-refractivity contribution in [1.82, 2.24) is 0 Å². The molecule has 2 aromatic rings. The SMILES string of the molecule is COC(=O)c1c(CS(=O)(=O)c2ccc(F)cc2)ccc(Br)c1O. The number of esters is 1. The van der Waals surface area contributed by atoms with Crippen LogP contribution in [0.1, 0.15) is 15.9 Å². The van der Waals surface area contributed by atoms with Crippen molar-refractivity contribution in [3.05, 3.63) is 57.8 Å². The molecule has 0 aliphatic rings. The molecule has 0 fully saturated rings. The third-order valence-corrected chi connectivity index (χ3v) is 5.44. The van der Waals surface area contributed by atoms with Crippen LogP contribution in [0.3, 0.4) is 0 Å². The molecule has 8 heteroatoms. The van der Waals surface area contributed by atoms with E-state index in [0.717, 1.165) is 31.4 Å². The van der Waals surface area contributed by atoms with E-state index in [0.29, 0.717) is 0 Å². The van der Waals surface area contributed by atoms with Crippen LogP contribution in [0.15, 0.2) is 45.8 Å². The average molecular weight is 403 g/mol. The summed E-state index contributed by atoms with van der Waals surface area (Å²) in [7, 11) is -2.70. The van der Waals surface area contributed by atoms with Gasteiger partial charge in [0.1, 0.15) is 17.1 Å². The fourth-order valence-electron chi connectivity index (χ4n) is 1.99. The van der Waals surface area contributed by atoms with Crippen LogP contribution in [-0.4, -0.2) is 26.6 Å². The third-order valence-electron chi connectivity index (χ3n) is 3.12. The van der Waals surface area contributed by atoms with Gasteiger partial charge in [0.25, 0.3) is 0 Å². The number of phenolic OH excluding ortho intramolecular Hbond substituents is 1. The monoisotopic (exact) mass is 402 g/mol. The van der Waals surface area contributed by atoms with Crippen LogP contribution in [0.5, 0.6) is 5.75 Å². The van der Waals surface area contributed by atoms with Gasteiger partial charge in [0, 0.05) is 0 Å². The number of hydrogen-bond donors (Lipinski definition) is 1. The fourth-order valence-corrected chi connectivity index (χ4v) is 3.69. The van der Waals surface area contributed by atoms with E-state index < -0.39 is 33.1 Å². The zero-order chi connectivity index (χ0) is 17.2. The molecule has 0 heterocycles. The first-order valence-corrected chi connectivity index (χ1v) is 8.78. The number of carbonyl (C=O) groups excluding carboxylic acids is 1. The van der Waals surface area contributed by atoms with Crippen molar-refractivity contribution in [2.45, 2.75) is 10.6 Å². The second-order valence-corrected chi connectivity index (χ2v) is 7.48. The summed E-state index contributed by atoms with van der Waals surface area (Å²) >= 11 is 3.06. The fraction of sp³-hybridized carbons (Fsp3) is 0.133. The molecule has 5 nitrogen and oxygen atoms in total. The Morgan fingerprint density at radius 2 is 1.83 bits per heavy atom. The van der Waals surface area contributed by atoms with Crippen molar-refractivity contribution in [2.24, 2.45) is 0 Å². The van der Waals surface area contributed by atoms with Crippen molar-refractivity contribution < 1.29 is 27.4 Å². The quantitative estimate of drug-likeness (QED) is 0.627. The Hall–Kier alpha value is -1.93. The number of rotatable bonds is 4. The summed E-state index contributed by atoms with van der Waals surface area (Å²) in [6.07, 6.45) is 0. The Labute approximate surface area is 140 Å². The molecule has 2 rings (SSSR count). The summed E-state index contributed by atoms with van der Waals surface area (Å²) < 4.78 is 42.6. The molecule has 0 unspecified atom stereocenters. The number of hydrogen-bond acceptors (Lipinski definition) is 5. The minimum absolute atomic E-state index is 0.0851. The van der Waals surface area contributed by atoms with Gasteiger partial charge in [0.15, 0.2) is 9.84 Å². The highest BCUT2D eigenvalue weighted by atomic mass is 79.9. The maximum Gasteiger partial charge on any atom is 0.341 e. The first-order chi connectivity index (χ1) is 10.8. The molecule has 1 N–H and O–H groups in total. The number of benzene rings is 2. The van der Waals surface area contributed by atoms with Crippen LogP contribution in [-0.2, 0) is 20.3 Å². The van der Waals surface area contributed by atoms with Crippen LogP contribution in [0, 0.1) is 5.82 Å². The smallest absolute Gasteiger partial charge is 0.341 e. The lowest BCUT2D eigenvalue weighted by Crippen LogP contribution is -2.11. The van der Waals surface area contributed by atoms with Gasteiger partial charge in [0.05, 0.1) is 22.2 Å². The van der Waals surface area contributed by atoms with Gasteiger partial charge in [-0.1, -0.05) is 6.07 Å². The van der Waals surface area contributed by atoms with E-state index in [4.69, 9.17) is 0 Å². The molecule has 0 aliphatic carbocycles. The molecule has 0 saturated carbocycles. The Kier molecular flexibility index (Phi) is 5.06. The number of phenols is 1. The molecule has 23 heavy (non-hydrogen) atoms. The maximum absolute atomic E-state index is 12.9. The standard InChI is InChI=1S/C15H12BrFO5S/c1-22-15(19)13-9(2-7-12(16)14(13)18)8-23(20,21)11-5-3-10(17)4-6-11/h2-7,18H,8H2,1H3. The van der Waals surface area contributed by atoms with Crippen molar-refractivity contribution >= 4 is 31.7 Å². The van der Waals surface area contributed by atoms with Gasteiger partial charge in [0.2, 0.25) is 0 Å². The highest BCUT2D eigenvalue weighted by Crippen LogP contribution is 2.32. The van der Waals surface area contributed by atoms with Gasteiger partial charge in [-0.25, -0.2) is 17.6 Å². The average Bonchev–Trinajstić information content (AvgIpc) is 2.51. The molecule has 0 radical (unpaired) electrons. The summed E-state index contributed by atoms with van der Waals surface area (Å²) in [6, 6.07) is 7.18. The molecule has 0 aliphatic heterocycles. The minimum Gasteiger partial charge on any atom is -0.506 e. The van der Waals surface area contributed by atoms with Crippen molar-refractivity contribution in [3.63, 3.8) is 0 Å². The predicted octanol–water partition coefficient (Wildman–Crippen LogP) is 3.05. The highest BCUT2D eigenvalue weighted by molar-refractivity contribution is 9.10. The number of methoxy groups -OCH3 is 1. The molecule has 0 atom stereocenters. The highest BCUT2D eigenvalue weighted by Gasteiger charge is 2.24. The predicted molar refractivity (Wildman–Crippen MR) is 84.4 cm³/mol. The van der Waals surface area contributed by atoms with Crippen LogP contribution in [0.25, 0.3) is 0 Å². The van der Waals surface area contributed by atoms with E-state index in [2.05, 4.69) is 20.7 Å². The molecule has 0 bridgehead atoms. The molecule has 2 aromatic carbocycles. The van der Waals surface area contributed by atoms with Gasteiger partial charge in [-0.2, -0.15) is 0 Å². The first kappa shape index (κ1) is 17.4. The number of halogens is 2. The van der Waals surface area contributed by atoms with Crippen LogP contribution >= 0.6 is 15.9 Å². The molecular weight excluding hydrogens is 391 g/mol. The topological polar surface area (TPSA) is 80.7 Å². The van der Waals surface area contributed by atoms with Gasteiger partial charge in [-0.15, -0.1) is 0 Å². The second-order valence-electron chi connectivity index (χ2n) is 4.63. The lowest BCUT2D eigenvalue weighted by atomic mass is 10.1. The van der Waals surface area contributed by atoms with E-state index in [1.807, 2.05) is 0 Å². The molecular formula is C15H12BrFO5S. The van der Waals surface area contributed by atoms with Crippen LogP contribution < -0.4 is 0 Å². The van der Waals surface area contributed by atoms with Gasteiger partial charge in [-0.3, -0.25) is 0 Å². The molecule has 122 valence electrons. The van der Waals surface area contributed by atoms with E-state index in [9.17, 15) is 22.7 Å². The second kappa shape index (κ2) is 6.67. The summed E-state index contributed by atoms with van der Waals surface area (Å²) in [6.45, 7) is 0. The molecule has 0 spiro atoms.